The van der Waals surface area contributed by atoms with Crippen molar-refractivity contribution in [3.8, 4) is 0 Å². The first-order chi connectivity index (χ1) is 7.79. The first-order valence-corrected chi connectivity index (χ1v) is 4.93. The van der Waals surface area contributed by atoms with Crippen LogP contribution in [0.3, 0.4) is 0 Å². The highest BCUT2D eigenvalue weighted by Crippen LogP contribution is 2.20. The molecule has 0 aliphatic carbocycles. The third-order valence-electron chi connectivity index (χ3n) is 2.16. The van der Waals surface area contributed by atoms with Crippen LogP contribution in [0.4, 0.5) is 19.0 Å². The number of aromatic nitrogens is 1. The van der Waals surface area contributed by atoms with Crippen LogP contribution in [-0.4, -0.2) is 40.9 Å². The number of pyridine rings is 1. The molecule has 0 amide bonds. The number of hydrogen-bond donors (Lipinski definition) is 2. The summed E-state index contributed by atoms with van der Waals surface area (Å²) < 4.78 is 36.3. The van der Waals surface area contributed by atoms with E-state index < -0.39 is 18.8 Å². The Hall–Kier alpha value is -1.34. The van der Waals surface area contributed by atoms with Gasteiger partial charge in [-0.2, -0.15) is 13.2 Å². The molecule has 0 aliphatic heterocycles. The number of rotatable bonds is 4. The Morgan fingerprint density at radius 3 is 2.71 bits per heavy atom. The van der Waals surface area contributed by atoms with Crippen LogP contribution in [0, 0.1) is 0 Å². The molecule has 1 atom stereocenters. The molecule has 96 valence electrons. The van der Waals surface area contributed by atoms with Crippen molar-refractivity contribution < 1.29 is 18.3 Å². The quantitative estimate of drug-likeness (QED) is 0.836. The van der Waals surface area contributed by atoms with Crippen LogP contribution in [0.5, 0.6) is 0 Å². The summed E-state index contributed by atoms with van der Waals surface area (Å²) in [5.74, 6) is 0.312. The Kier molecular flexibility index (Phi) is 4.30. The van der Waals surface area contributed by atoms with Crippen molar-refractivity contribution >= 4 is 5.82 Å². The molecule has 1 aromatic rings. The fourth-order valence-electron chi connectivity index (χ4n) is 1.37. The van der Waals surface area contributed by atoms with E-state index in [2.05, 4.69) is 4.98 Å². The number of anilines is 1. The molecule has 0 unspecified atom stereocenters. The molecule has 0 saturated heterocycles. The van der Waals surface area contributed by atoms with Crippen LogP contribution in [0.1, 0.15) is 5.56 Å². The number of likely N-dealkylation sites (N-methyl/N-ethyl adjacent to an activating group) is 1. The van der Waals surface area contributed by atoms with E-state index in [1.807, 2.05) is 0 Å². The Labute approximate surface area is 96.9 Å². The average Bonchev–Trinajstić information content (AvgIpc) is 2.15. The number of nitrogen functional groups attached to an aromatic ring is 1. The number of halogens is 3. The van der Waals surface area contributed by atoms with Crippen LogP contribution >= 0.6 is 0 Å². The van der Waals surface area contributed by atoms with E-state index in [1.54, 1.807) is 12.1 Å². The maximum Gasteiger partial charge on any atom is 0.415 e. The predicted octanol–water partition coefficient (Wildman–Crippen LogP) is 1.02. The van der Waals surface area contributed by atoms with Gasteiger partial charge in [-0.15, -0.1) is 0 Å². The van der Waals surface area contributed by atoms with E-state index in [0.717, 1.165) is 5.56 Å². The lowest BCUT2D eigenvalue weighted by Gasteiger charge is -2.22. The summed E-state index contributed by atoms with van der Waals surface area (Å²) in [4.78, 5) is 5.15. The van der Waals surface area contributed by atoms with E-state index in [-0.39, 0.29) is 6.54 Å². The Balaban J connectivity index is 2.53. The van der Waals surface area contributed by atoms with Gasteiger partial charge in [0.1, 0.15) is 5.82 Å². The molecule has 0 fully saturated rings. The van der Waals surface area contributed by atoms with E-state index in [9.17, 15) is 13.2 Å². The summed E-state index contributed by atoms with van der Waals surface area (Å²) in [6, 6.07) is 3.24. The number of alkyl halides is 3. The molecule has 1 heterocycles. The summed E-state index contributed by atoms with van der Waals surface area (Å²) in [5.41, 5.74) is 6.19. The normalized spacial score (nSPS) is 14.0. The summed E-state index contributed by atoms with van der Waals surface area (Å²) in [6.07, 6.45) is -5.45. The SMILES string of the molecule is CN(Cc1ccnc(N)c1)C[C@H](O)C(F)(F)F. The van der Waals surface area contributed by atoms with Gasteiger partial charge in [0, 0.05) is 19.3 Å². The zero-order valence-electron chi connectivity index (χ0n) is 9.28. The number of aliphatic hydroxyl groups excluding tert-OH is 1. The molecule has 0 aliphatic rings. The lowest BCUT2D eigenvalue weighted by atomic mass is 10.2. The average molecular weight is 249 g/mol. The maximum absolute atomic E-state index is 12.1. The minimum Gasteiger partial charge on any atom is -0.384 e. The fourth-order valence-corrected chi connectivity index (χ4v) is 1.37. The van der Waals surface area contributed by atoms with Gasteiger partial charge in [-0.05, 0) is 24.7 Å². The van der Waals surface area contributed by atoms with Gasteiger partial charge < -0.3 is 10.8 Å². The van der Waals surface area contributed by atoms with Gasteiger partial charge in [-0.25, -0.2) is 4.98 Å². The number of nitrogens with two attached hydrogens (primary N) is 1. The number of hydrogen-bond acceptors (Lipinski definition) is 4. The second-order valence-electron chi connectivity index (χ2n) is 3.84. The zero-order valence-corrected chi connectivity index (χ0v) is 9.28. The highest BCUT2D eigenvalue weighted by Gasteiger charge is 2.38. The topological polar surface area (TPSA) is 62.4 Å². The van der Waals surface area contributed by atoms with E-state index >= 15 is 0 Å². The molecule has 0 radical (unpaired) electrons. The molecule has 4 nitrogen and oxygen atoms in total. The van der Waals surface area contributed by atoms with Gasteiger partial charge in [0.2, 0.25) is 0 Å². The van der Waals surface area contributed by atoms with Crippen molar-refractivity contribution in [2.45, 2.75) is 18.8 Å². The molecule has 0 saturated carbocycles. The Morgan fingerprint density at radius 2 is 2.18 bits per heavy atom. The van der Waals surface area contributed by atoms with Crippen molar-refractivity contribution in [3.63, 3.8) is 0 Å². The van der Waals surface area contributed by atoms with Crippen molar-refractivity contribution in [2.24, 2.45) is 0 Å². The summed E-state index contributed by atoms with van der Waals surface area (Å²) in [7, 11) is 1.49. The summed E-state index contributed by atoms with van der Waals surface area (Å²) in [5, 5.41) is 8.89. The number of nitrogens with zero attached hydrogens (tertiary/aromatic N) is 2. The van der Waals surface area contributed by atoms with E-state index in [0.29, 0.717) is 5.82 Å². The molecular formula is C10H14F3N3O. The van der Waals surface area contributed by atoms with Gasteiger partial charge in [0.15, 0.2) is 6.10 Å². The van der Waals surface area contributed by atoms with Crippen molar-refractivity contribution in [2.75, 3.05) is 19.3 Å². The minimum atomic E-state index is -4.59. The van der Waals surface area contributed by atoms with Crippen molar-refractivity contribution in [3.05, 3.63) is 23.9 Å². The highest BCUT2D eigenvalue weighted by atomic mass is 19.4. The molecule has 3 N–H and O–H groups in total. The number of aliphatic hydroxyl groups is 1. The van der Waals surface area contributed by atoms with Gasteiger partial charge >= 0.3 is 6.18 Å². The molecule has 7 heteroatoms. The van der Waals surface area contributed by atoms with Gasteiger partial charge in [-0.3, -0.25) is 4.90 Å². The van der Waals surface area contributed by atoms with Crippen LogP contribution in [0.25, 0.3) is 0 Å². The molecule has 17 heavy (non-hydrogen) atoms. The second-order valence-corrected chi connectivity index (χ2v) is 3.84. The Morgan fingerprint density at radius 1 is 1.53 bits per heavy atom. The molecule has 0 bridgehead atoms. The minimum absolute atomic E-state index is 0.264. The zero-order chi connectivity index (χ0) is 13.1. The van der Waals surface area contributed by atoms with Crippen LogP contribution in [0.2, 0.25) is 0 Å². The Bertz CT molecular complexity index is 370. The predicted molar refractivity (Wildman–Crippen MR) is 57.0 cm³/mol. The largest absolute Gasteiger partial charge is 0.415 e. The van der Waals surface area contributed by atoms with Crippen molar-refractivity contribution in [1.29, 1.82) is 0 Å². The van der Waals surface area contributed by atoms with Crippen molar-refractivity contribution in [1.82, 2.24) is 9.88 Å². The van der Waals surface area contributed by atoms with E-state index in [4.69, 9.17) is 10.8 Å². The smallest absolute Gasteiger partial charge is 0.384 e. The lowest BCUT2D eigenvalue weighted by Crippen LogP contribution is -2.39. The van der Waals surface area contributed by atoms with Gasteiger partial charge in [-0.1, -0.05) is 0 Å². The molecule has 0 aromatic carbocycles. The second kappa shape index (κ2) is 5.33. The summed E-state index contributed by atoms with van der Waals surface area (Å²) in [6.45, 7) is -0.217. The molecular weight excluding hydrogens is 235 g/mol. The first-order valence-electron chi connectivity index (χ1n) is 4.93. The van der Waals surface area contributed by atoms with Crippen LogP contribution in [0.15, 0.2) is 18.3 Å². The maximum atomic E-state index is 12.1. The molecule has 0 spiro atoms. The van der Waals surface area contributed by atoms with E-state index in [1.165, 1.54) is 18.1 Å². The lowest BCUT2D eigenvalue weighted by molar-refractivity contribution is -0.207. The molecule has 1 rings (SSSR count). The first kappa shape index (κ1) is 13.7. The summed E-state index contributed by atoms with van der Waals surface area (Å²) >= 11 is 0. The van der Waals surface area contributed by atoms with Gasteiger partial charge in [0.05, 0.1) is 0 Å². The standard InChI is InChI=1S/C10H14F3N3O/c1-16(6-8(17)10(11,12)13)5-7-2-3-15-9(14)4-7/h2-4,8,17H,5-6H2,1H3,(H2,14,15)/t8-/m0/s1. The molecule has 1 aromatic heterocycles. The fraction of sp³-hybridized carbons (Fsp3) is 0.500. The highest BCUT2D eigenvalue weighted by molar-refractivity contribution is 5.31. The van der Waals surface area contributed by atoms with Gasteiger partial charge in [0.25, 0.3) is 0 Å². The third kappa shape index (κ3) is 4.58. The van der Waals surface area contributed by atoms with Crippen LogP contribution in [-0.2, 0) is 6.54 Å². The van der Waals surface area contributed by atoms with Crippen LogP contribution < -0.4 is 5.73 Å². The monoisotopic (exact) mass is 249 g/mol. The third-order valence-corrected chi connectivity index (χ3v) is 2.16.